The summed E-state index contributed by atoms with van der Waals surface area (Å²) in [5, 5.41) is 10.9. The largest absolute Gasteiger partial charge is 0.390 e. The summed E-state index contributed by atoms with van der Waals surface area (Å²) in [4.78, 5) is 0. The van der Waals surface area contributed by atoms with Crippen LogP contribution in [0.5, 0.6) is 0 Å². The van der Waals surface area contributed by atoms with Gasteiger partial charge < -0.3 is 5.11 Å². The van der Waals surface area contributed by atoms with Crippen LogP contribution in [0.1, 0.15) is 92.4 Å². The Morgan fingerprint density at radius 1 is 1.12 bits per heavy atom. The predicted octanol–water partition coefficient (Wildman–Crippen LogP) is 6.36. The molecule has 25 heavy (non-hydrogen) atoms. The van der Waals surface area contributed by atoms with Gasteiger partial charge >= 0.3 is 0 Å². The van der Waals surface area contributed by atoms with Crippen molar-refractivity contribution in [1.82, 2.24) is 0 Å². The first kappa shape index (κ1) is 18.1. The maximum atomic E-state index is 10.9. The maximum absolute atomic E-state index is 10.9. The van der Waals surface area contributed by atoms with Gasteiger partial charge in [-0.25, -0.2) is 0 Å². The quantitative estimate of drug-likeness (QED) is 0.548. The molecule has 0 saturated heterocycles. The molecule has 4 fully saturated rings. The van der Waals surface area contributed by atoms with Crippen LogP contribution < -0.4 is 0 Å². The van der Waals surface area contributed by atoms with Gasteiger partial charge in [0.1, 0.15) is 0 Å². The molecule has 0 aromatic heterocycles. The molecule has 0 aliphatic heterocycles. The summed E-state index contributed by atoms with van der Waals surface area (Å²) in [7, 11) is 0. The highest BCUT2D eigenvalue weighted by Crippen LogP contribution is 2.69. The fourth-order valence-corrected chi connectivity index (χ4v) is 8.47. The SMILES string of the molecule is C/C=C1/C[C@@H](C)[C@H]2[C@@H]3CC[C@H]4C[C@](O)(CC)CC[C@]4(C)[C@H]3CC[C@]12C. The summed E-state index contributed by atoms with van der Waals surface area (Å²) >= 11 is 0. The standard InChI is InChI=1S/C24H40O/c1-6-17-14-16(3)21-19-9-8-18-15-24(25,7-2)13-12-22(18,4)20(19)10-11-23(17,21)5/h6,16,18-21,25H,7-15H2,1-5H3/b17-6-/t16-,18+,19-,20+,21+,22+,23-,24+/m1/s1. The molecule has 0 heterocycles. The Labute approximate surface area is 155 Å². The van der Waals surface area contributed by atoms with E-state index >= 15 is 0 Å². The second-order valence-electron chi connectivity index (χ2n) is 10.8. The van der Waals surface area contributed by atoms with E-state index in [9.17, 15) is 5.11 Å². The minimum absolute atomic E-state index is 0.362. The van der Waals surface area contributed by atoms with Crippen molar-refractivity contribution in [2.24, 2.45) is 40.4 Å². The highest BCUT2D eigenvalue weighted by Gasteiger charge is 2.61. The van der Waals surface area contributed by atoms with Crippen molar-refractivity contribution in [3.8, 4) is 0 Å². The first-order valence-electron chi connectivity index (χ1n) is 11.2. The molecule has 0 spiro atoms. The second-order valence-corrected chi connectivity index (χ2v) is 10.8. The lowest BCUT2D eigenvalue weighted by atomic mass is 9.43. The van der Waals surface area contributed by atoms with E-state index in [-0.39, 0.29) is 5.60 Å². The van der Waals surface area contributed by atoms with E-state index in [2.05, 4.69) is 40.7 Å². The molecule has 1 N–H and O–H groups in total. The zero-order chi connectivity index (χ0) is 18.0. The number of hydrogen-bond donors (Lipinski definition) is 1. The first-order chi connectivity index (χ1) is 11.8. The Kier molecular flexibility index (Phi) is 4.23. The number of fused-ring (bicyclic) bond motifs is 5. The third kappa shape index (κ3) is 2.43. The summed E-state index contributed by atoms with van der Waals surface area (Å²) in [6, 6.07) is 0. The van der Waals surface area contributed by atoms with Crippen LogP contribution in [0.3, 0.4) is 0 Å². The normalized spacial score (nSPS) is 57.0. The minimum Gasteiger partial charge on any atom is -0.390 e. The summed E-state index contributed by atoms with van der Waals surface area (Å²) in [5.74, 6) is 4.36. The van der Waals surface area contributed by atoms with E-state index in [4.69, 9.17) is 0 Å². The molecule has 0 radical (unpaired) electrons. The van der Waals surface area contributed by atoms with E-state index in [1.54, 1.807) is 5.57 Å². The maximum Gasteiger partial charge on any atom is 0.0648 e. The van der Waals surface area contributed by atoms with Gasteiger partial charge in [-0.15, -0.1) is 0 Å². The number of allylic oxidation sites excluding steroid dienone is 2. The van der Waals surface area contributed by atoms with Crippen LogP contribution in [0, 0.1) is 40.4 Å². The second kappa shape index (κ2) is 5.85. The van der Waals surface area contributed by atoms with Crippen molar-refractivity contribution in [3.05, 3.63) is 11.6 Å². The molecule has 0 unspecified atom stereocenters. The Hall–Kier alpha value is -0.300. The average Bonchev–Trinajstić information content (AvgIpc) is 2.86. The minimum atomic E-state index is -0.362. The number of rotatable bonds is 1. The summed E-state index contributed by atoms with van der Waals surface area (Å²) < 4.78 is 0. The van der Waals surface area contributed by atoms with Crippen LogP contribution in [0.15, 0.2) is 11.6 Å². The van der Waals surface area contributed by atoms with Crippen LogP contribution in [0.4, 0.5) is 0 Å². The smallest absolute Gasteiger partial charge is 0.0648 e. The van der Waals surface area contributed by atoms with E-state index in [1.165, 1.54) is 38.5 Å². The van der Waals surface area contributed by atoms with Crippen molar-refractivity contribution in [1.29, 1.82) is 0 Å². The number of aliphatic hydroxyl groups is 1. The van der Waals surface area contributed by atoms with E-state index < -0.39 is 0 Å². The van der Waals surface area contributed by atoms with Gasteiger partial charge in [-0.2, -0.15) is 0 Å². The molecule has 8 atom stereocenters. The van der Waals surface area contributed by atoms with Crippen molar-refractivity contribution in [2.45, 2.75) is 98.0 Å². The zero-order valence-electron chi connectivity index (χ0n) is 17.3. The van der Waals surface area contributed by atoms with Crippen LogP contribution in [0.2, 0.25) is 0 Å². The lowest BCUT2D eigenvalue weighted by Gasteiger charge is -2.62. The molecule has 1 heteroatoms. The molecular formula is C24H40O. The van der Waals surface area contributed by atoms with Gasteiger partial charge in [0.15, 0.2) is 0 Å². The van der Waals surface area contributed by atoms with Crippen LogP contribution in [0.25, 0.3) is 0 Å². The summed E-state index contributed by atoms with van der Waals surface area (Å²) in [6.45, 7) is 12.2. The fraction of sp³-hybridized carbons (Fsp3) is 0.917. The third-order valence-electron chi connectivity index (χ3n) is 9.97. The van der Waals surface area contributed by atoms with E-state index in [0.29, 0.717) is 10.8 Å². The van der Waals surface area contributed by atoms with E-state index in [1.807, 2.05) is 0 Å². The van der Waals surface area contributed by atoms with Crippen LogP contribution >= 0.6 is 0 Å². The molecule has 0 amide bonds. The highest BCUT2D eigenvalue weighted by molar-refractivity contribution is 5.25. The van der Waals surface area contributed by atoms with Crippen molar-refractivity contribution in [2.75, 3.05) is 0 Å². The third-order valence-corrected chi connectivity index (χ3v) is 9.97. The lowest BCUT2D eigenvalue weighted by Crippen LogP contribution is -2.56. The fourth-order valence-electron chi connectivity index (χ4n) is 8.47. The monoisotopic (exact) mass is 344 g/mol. The number of hydrogen-bond acceptors (Lipinski definition) is 1. The van der Waals surface area contributed by atoms with Crippen molar-refractivity contribution < 1.29 is 5.11 Å². The Morgan fingerprint density at radius 3 is 2.56 bits per heavy atom. The predicted molar refractivity (Wildman–Crippen MR) is 105 cm³/mol. The molecule has 0 aromatic carbocycles. The van der Waals surface area contributed by atoms with Gasteiger partial charge in [-0.1, -0.05) is 39.3 Å². The molecule has 0 aromatic rings. The van der Waals surface area contributed by atoms with Gasteiger partial charge in [-0.05, 0) is 105 Å². The molecule has 1 nitrogen and oxygen atoms in total. The summed E-state index contributed by atoms with van der Waals surface area (Å²) in [6.07, 6.45) is 13.7. The van der Waals surface area contributed by atoms with Gasteiger partial charge in [-0.3, -0.25) is 0 Å². The van der Waals surface area contributed by atoms with Crippen molar-refractivity contribution in [3.63, 3.8) is 0 Å². The Morgan fingerprint density at radius 2 is 1.88 bits per heavy atom. The topological polar surface area (TPSA) is 20.2 Å². The highest BCUT2D eigenvalue weighted by atomic mass is 16.3. The Bertz CT molecular complexity index is 564. The first-order valence-corrected chi connectivity index (χ1v) is 11.2. The lowest BCUT2D eigenvalue weighted by molar-refractivity contribution is -0.149. The van der Waals surface area contributed by atoms with Crippen LogP contribution in [-0.4, -0.2) is 10.7 Å². The molecule has 4 saturated carbocycles. The molecule has 4 rings (SSSR count). The molecule has 0 bridgehead atoms. The molecule has 4 aliphatic carbocycles. The molecule has 142 valence electrons. The summed E-state index contributed by atoms with van der Waals surface area (Å²) in [5.41, 5.74) is 2.38. The van der Waals surface area contributed by atoms with Crippen LogP contribution in [-0.2, 0) is 0 Å². The van der Waals surface area contributed by atoms with Gasteiger partial charge in [0.05, 0.1) is 5.60 Å². The molecule has 4 aliphatic rings. The molecular weight excluding hydrogens is 304 g/mol. The zero-order valence-corrected chi connectivity index (χ0v) is 17.3. The van der Waals surface area contributed by atoms with Gasteiger partial charge in [0.2, 0.25) is 0 Å². The van der Waals surface area contributed by atoms with Gasteiger partial charge in [0.25, 0.3) is 0 Å². The average molecular weight is 345 g/mol. The Balaban J connectivity index is 1.64. The van der Waals surface area contributed by atoms with E-state index in [0.717, 1.165) is 48.9 Å². The van der Waals surface area contributed by atoms with Crippen molar-refractivity contribution >= 4 is 0 Å². The van der Waals surface area contributed by atoms with Gasteiger partial charge in [0, 0.05) is 0 Å².